The van der Waals surface area contributed by atoms with Crippen LogP contribution in [0.2, 0.25) is 0 Å². The third-order valence-corrected chi connectivity index (χ3v) is 10.7. The van der Waals surface area contributed by atoms with Crippen LogP contribution in [0.4, 0.5) is 4.79 Å². The summed E-state index contributed by atoms with van der Waals surface area (Å²) in [5, 5.41) is 13.3. The number of carboxylic acid groups (broad SMARTS) is 1. The molecule has 0 bridgehead atoms. The number of hydrogen-bond acceptors (Lipinski definition) is 10. The van der Waals surface area contributed by atoms with Crippen molar-refractivity contribution in [3.8, 4) is 0 Å². The van der Waals surface area contributed by atoms with E-state index in [-0.39, 0.29) is 49.4 Å². The number of nitrogens with zero attached hydrogens (tertiary/aromatic N) is 1. The number of amides is 1. The summed E-state index contributed by atoms with van der Waals surface area (Å²) in [6.45, 7) is 6.94. The number of H-pyrrole nitrogens is 1. The minimum atomic E-state index is -1.91. The Kier molecular flexibility index (Phi) is 8.69. The van der Waals surface area contributed by atoms with Crippen LogP contribution in [0, 0.1) is 28.6 Å². The molecular weight excluding hydrogens is 584 g/mol. The predicted molar refractivity (Wildman–Crippen MR) is 158 cm³/mol. The number of esters is 1. The van der Waals surface area contributed by atoms with Gasteiger partial charge in [-0.3, -0.25) is 9.59 Å². The first kappa shape index (κ1) is 32.4. The highest BCUT2D eigenvalue weighted by Crippen LogP contribution is 2.68. The average Bonchev–Trinajstić information content (AvgIpc) is 3.59. The summed E-state index contributed by atoms with van der Waals surface area (Å²) in [6.07, 6.45) is 8.06. The number of imidazole rings is 1. The Morgan fingerprint density at radius 3 is 2.64 bits per heavy atom. The molecule has 45 heavy (non-hydrogen) atoms. The zero-order valence-electron chi connectivity index (χ0n) is 26.0. The molecule has 1 amide bonds. The van der Waals surface area contributed by atoms with Crippen molar-refractivity contribution in [2.24, 2.45) is 34.3 Å². The maximum Gasteiger partial charge on any atom is 0.509 e. The number of carboxylic acids is 1. The van der Waals surface area contributed by atoms with Crippen molar-refractivity contribution in [2.45, 2.75) is 90.0 Å². The molecule has 244 valence electrons. The van der Waals surface area contributed by atoms with Gasteiger partial charge in [0.1, 0.15) is 12.1 Å². The number of aromatic amines is 1. The van der Waals surface area contributed by atoms with E-state index in [2.05, 4.69) is 15.3 Å². The van der Waals surface area contributed by atoms with Gasteiger partial charge in [-0.05, 0) is 69.9 Å². The lowest BCUT2D eigenvalue weighted by Crippen LogP contribution is -2.63. The highest BCUT2D eigenvalue weighted by Gasteiger charge is 2.72. The molecule has 1 aromatic heterocycles. The van der Waals surface area contributed by atoms with E-state index in [4.69, 9.17) is 19.9 Å². The number of carbonyl (C=O) groups is 5. The Hall–Kier alpha value is -4.00. The highest BCUT2D eigenvalue weighted by molar-refractivity contribution is 6.01. The monoisotopic (exact) mass is 626 g/mol. The number of fused-ring (bicyclic) bond motifs is 5. The zero-order chi connectivity index (χ0) is 32.7. The van der Waals surface area contributed by atoms with Crippen LogP contribution in [-0.4, -0.2) is 75.3 Å². The van der Waals surface area contributed by atoms with Gasteiger partial charge in [0.2, 0.25) is 11.5 Å². The van der Waals surface area contributed by atoms with Crippen LogP contribution in [0.5, 0.6) is 0 Å². The van der Waals surface area contributed by atoms with Gasteiger partial charge in [0.05, 0.1) is 19.0 Å². The Bertz CT molecular complexity index is 1420. The van der Waals surface area contributed by atoms with Crippen LogP contribution in [-0.2, 0) is 39.8 Å². The fraction of sp³-hybridized carbons (Fsp3) is 0.625. The molecule has 1 aromatic rings. The van der Waals surface area contributed by atoms with E-state index < -0.39 is 58.6 Å². The number of ether oxygens (including phenoxy) is 3. The maximum atomic E-state index is 14.0. The molecule has 0 spiro atoms. The summed E-state index contributed by atoms with van der Waals surface area (Å²) in [6, 6.07) is -2.00. The molecule has 0 saturated heterocycles. The molecule has 4 aliphatic carbocycles. The van der Waals surface area contributed by atoms with E-state index in [1.165, 1.54) is 25.5 Å². The number of rotatable bonds is 9. The SMILES string of the molecule is CCOC(=O)O[C@]1(C(=O)O)CC[C@H]2[C@@H]3CCC4=CC(=O)C=C[C@]4(C)[C@H]3[C@@H](OC(=O)[C@H](Cc3cnc[nH]3)NC(=O)[C@H](C)N)C[C@@]21C. The summed E-state index contributed by atoms with van der Waals surface area (Å²) in [4.78, 5) is 71.7. The van der Waals surface area contributed by atoms with Crippen molar-refractivity contribution < 1.29 is 43.3 Å². The summed E-state index contributed by atoms with van der Waals surface area (Å²) in [5.41, 5.74) is 3.63. The van der Waals surface area contributed by atoms with Crippen LogP contribution in [0.3, 0.4) is 0 Å². The summed E-state index contributed by atoms with van der Waals surface area (Å²) >= 11 is 0. The fourth-order valence-corrected chi connectivity index (χ4v) is 8.59. The predicted octanol–water partition coefficient (Wildman–Crippen LogP) is 2.61. The van der Waals surface area contributed by atoms with E-state index >= 15 is 0 Å². The molecule has 3 saturated carbocycles. The molecule has 9 atom stereocenters. The standard InChI is InChI=1S/C32H42N4O9/c1-5-43-29(42)45-32(28(40)41)11-9-22-21-7-6-18-12-20(37)8-10-30(18,3)25(21)24(14-31(22,32)4)44-27(39)23(36-26(38)17(2)33)13-19-15-34-16-35-19/h8,10,12,15-17,21-25H,5-7,9,11,13-14,33H2,1-4H3,(H,34,35)(H,36,38)(H,40,41)/t17-,21-,22-,23-,24-,25+,30-,31-,32-/m0/s1. The van der Waals surface area contributed by atoms with Gasteiger partial charge in [0, 0.05) is 35.1 Å². The maximum absolute atomic E-state index is 14.0. The lowest BCUT2D eigenvalue weighted by molar-refractivity contribution is -0.204. The Morgan fingerprint density at radius 1 is 1.24 bits per heavy atom. The van der Waals surface area contributed by atoms with E-state index in [1.807, 2.05) is 13.0 Å². The van der Waals surface area contributed by atoms with Crippen molar-refractivity contribution in [1.29, 1.82) is 0 Å². The smallest absolute Gasteiger partial charge is 0.478 e. The molecule has 5 rings (SSSR count). The summed E-state index contributed by atoms with van der Waals surface area (Å²) in [7, 11) is 0. The zero-order valence-corrected chi connectivity index (χ0v) is 26.0. The normalized spacial score (nSPS) is 34.7. The first-order valence-electron chi connectivity index (χ1n) is 15.5. The van der Waals surface area contributed by atoms with Crippen LogP contribution in [0.1, 0.15) is 65.5 Å². The Labute approximate surface area is 261 Å². The summed E-state index contributed by atoms with van der Waals surface area (Å²) < 4.78 is 17.1. The van der Waals surface area contributed by atoms with Gasteiger partial charge in [-0.25, -0.2) is 19.4 Å². The summed E-state index contributed by atoms with van der Waals surface area (Å²) in [5.74, 6) is -3.28. The number of ketones is 1. The number of hydrogen-bond donors (Lipinski definition) is 4. The van der Waals surface area contributed by atoms with Crippen molar-refractivity contribution in [3.05, 3.63) is 42.0 Å². The van der Waals surface area contributed by atoms with Crippen LogP contribution < -0.4 is 11.1 Å². The second-order valence-electron chi connectivity index (χ2n) is 13.2. The first-order valence-corrected chi connectivity index (χ1v) is 15.5. The molecular formula is C32H42N4O9. The Balaban J connectivity index is 1.56. The molecule has 13 heteroatoms. The lowest BCUT2D eigenvalue weighted by atomic mass is 9.46. The number of nitrogens with one attached hydrogen (secondary N) is 2. The second-order valence-corrected chi connectivity index (χ2v) is 13.2. The second kappa shape index (κ2) is 12.1. The van der Waals surface area contributed by atoms with Crippen molar-refractivity contribution in [1.82, 2.24) is 15.3 Å². The first-order chi connectivity index (χ1) is 21.3. The van der Waals surface area contributed by atoms with Crippen LogP contribution in [0.25, 0.3) is 0 Å². The van der Waals surface area contributed by atoms with Gasteiger partial charge in [-0.15, -0.1) is 0 Å². The Morgan fingerprint density at radius 2 is 2.00 bits per heavy atom. The van der Waals surface area contributed by atoms with Gasteiger partial charge in [0.15, 0.2) is 5.78 Å². The number of aliphatic carboxylic acids is 1. The van der Waals surface area contributed by atoms with E-state index in [0.717, 1.165) is 5.57 Å². The largest absolute Gasteiger partial charge is 0.509 e. The van der Waals surface area contributed by atoms with Gasteiger partial charge < -0.3 is 35.4 Å². The molecule has 0 aromatic carbocycles. The topological polar surface area (TPSA) is 200 Å². The molecule has 4 aliphatic rings. The molecule has 0 radical (unpaired) electrons. The number of nitrogens with two attached hydrogens (primary N) is 1. The molecule has 5 N–H and O–H groups in total. The molecule has 1 heterocycles. The number of aromatic nitrogens is 2. The minimum Gasteiger partial charge on any atom is -0.478 e. The molecule has 0 unspecified atom stereocenters. The third kappa shape index (κ3) is 5.55. The van der Waals surface area contributed by atoms with Gasteiger partial charge in [-0.2, -0.15) is 0 Å². The van der Waals surface area contributed by atoms with Crippen molar-refractivity contribution in [3.63, 3.8) is 0 Å². The average molecular weight is 627 g/mol. The molecule has 3 fully saturated rings. The highest BCUT2D eigenvalue weighted by atomic mass is 16.7. The number of allylic oxidation sites excluding steroid dienone is 4. The minimum absolute atomic E-state index is 0.0169. The fourth-order valence-electron chi connectivity index (χ4n) is 8.59. The van der Waals surface area contributed by atoms with Gasteiger partial charge >= 0.3 is 18.1 Å². The van der Waals surface area contributed by atoms with Crippen LogP contribution >= 0.6 is 0 Å². The van der Waals surface area contributed by atoms with Gasteiger partial charge in [0.25, 0.3) is 0 Å². The van der Waals surface area contributed by atoms with Crippen molar-refractivity contribution in [2.75, 3.05) is 6.61 Å². The van der Waals surface area contributed by atoms with E-state index in [0.29, 0.717) is 25.0 Å². The van der Waals surface area contributed by atoms with E-state index in [1.54, 1.807) is 19.9 Å². The van der Waals surface area contributed by atoms with Crippen LogP contribution in [0.15, 0.2) is 36.3 Å². The molecule has 13 nitrogen and oxygen atoms in total. The van der Waals surface area contributed by atoms with Crippen molar-refractivity contribution >= 4 is 29.8 Å². The quantitative estimate of drug-likeness (QED) is 0.294. The lowest BCUT2D eigenvalue weighted by Gasteiger charge is -2.59. The molecule has 0 aliphatic heterocycles. The third-order valence-electron chi connectivity index (χ3n) is 10.7. The van der Waals surface area contributed by atoms with Gasteiger partial charge in [-0.1, -0.05) is 25.5 Å². The van der Waals surface area contributed by atoms with E-state index in [9.17, 15) is 29.1 Å². The number of carbonyl (C=O) groups excluding carboxylic acids is 4.